The number of nitrogens with two attached hydrogens (primary N) is 1. The highest BCUT2D eigenvalue weighted by molar-refractivity contribution is 9.10. The lowest BCUT2D eigenvalue weighted by molar-refractivity contribution is -0.127. The molecule has 0 aliphatic carbocycles. The maximum absolute atomic E-state index is 12.3. The molecule has 3 rings (SSSR count). The van der Waals surface area contributed by atoms with E-state index in [2.05, 4.69) is 31.5 Å². The largest absolute Gasteiger partial charge is 0.455 e. The molecule has 0 aliphatic heterocycles. The molecule has 0 saturated carbocycles. The van der Waals surface area contributed by atoms with Crippen LogP contribution >= 0.6 is 15.9 Å². The van der Waals surface area contributed by atoms with E-state index in [0.717, 1.165) is 10.0 Å². The Labute approximate surface area is 193 Å². The van der Waals surface area contributed by atoms with Crippen molar-refractivity contribution < 1.29 is 14.3 Å². The Kier molecular flexibility index (Phi) is 7.56. The lowest BCUT2D eigenvalue weighted by Crippen LogP contribution is -2.30. The van der Waals surface area contributed by atoms with Gasteiger partial charge in [-0.25, -0.2) is 0 Å². The number of carbonyl (C=O) groups is 2. The van der Waals surface area contributed by atoms with Crippen LogP contribution in [0.4, 0.5) is 5.69 Å². The molecule has 0 aliphatic rings. The van der Waals surface area contributed by atoms with Crippen LogP contribution < -0.4 is 21.1 Å². The number of pyridine rings is 1. The smallest absolute Gasteiger partial charge is 0.233 e. The van der Waals surface area contributed by atoms with E-state index in [1.165, 1.54) is 0 Å². The third-order valence-corrected chi connectivity index (χ3v) is 5.12. The summed E-state index contributed by atoms with van der Waals surface area (Å²) in [6, 6.07) is 15.3. The molecule has 32 heavy (non-hydrogen) atoms. The Morgan fingerprint density at radius 2 is 1.91 bits per heavy atom. The molecule has 164 valence electrons. The fourth-order valence-electron chi connectivity index (χ4n) is 2.86. The lowest BCUT2D eigenvalue weighted by Gasteiger charge is -2.16. The molecular weight excluding hydrogens is 474 g/mol. The third kappa shape index (κ3) is 6.39. The van der Waals surface area contributed by atoms with E-state index in [1.807, 2.05) is 19.1 Å². The van der Waals surface area contributed by atoms with Gasteiger partial charge in [0.15, 0.2) is 0 Å². The number of rotatable bonds is 8. The van der Waals surface area contributed by atoms with Gasteiger partial charge in [0.25, 0.3) is 0 Å². The van der Waals surface area contributed by atoms with Crippen LogP contribution in [0.15, 0.2) is 71.5 Å². The van der Waals surface area contributed by atoms with Crippen LogP contribution in [0.1, 0.15) is 30.5 Å². The summed E-state index contributed by atoms with van der Waals surface area (Å²) in [4.78, 5) is 28.5. The molecule has 0 radical (unpaired) electrons. The van der Waals surface area contributed by atoms with Crippen molar-refractivity contribution in [2.75, 3.05) is 5.32 Å². The van der Waals surface area contributed by atoms with Gasteiger partial charge in [-0.15, -0.1) is 0 Å². The molecule has 8 nitrogen and oxygen atoms in total. The van der Waals surface area contributed by atoms with Gasteiger partial charge >= 0.3 is 0 Å². The molecule has 2 amide bonds. The highest BCUT2D eigenvalue weighted by Gasteiger charge is 2.15. The number of hydrogen-bond acceptors (Lipinski definition) is 5. The van der Waals surface area contributed by atoms with Gasteiger partial charge in [-0.2, -0.15) is 0 Å². The standard InChI is InChI=1S/C23H22BrN5O3/c1-14(16-6-9-20(19(24)11-16)32-18-3-2-10-27-13-18)28-21(30)12-22(31)29-17-7-4-15(5-8-17)23(25)26/h2-11,13-14H,12H2,1H3,(H3,25,26)(H,28,30)(H,29,31). The topological polar surface area (TPSA) is 130 Å². The Bertz CT molecular complexity index is 1120. The summed E-state index contributed by atoms with van der Waals surface area (Å²) in [5, 5.41) is 12.8. The highest BCUT2D eigenvalue weighted by Crippen LogP contribution is 2.31. The molecule has 1 aromatic heterocycles. The zero-order valence-corrected chi connectivity index (χ0v) is 18.8. The summed E-state index contributed by atoms with van der Waals surface area (Å²) in [6.07, 6.45) is 2.97. The van der Waals surface area contributed by atoms with E-state index >= 15 is 0 Å². The summed E-state index contributed by atoms with van der Waals surface area (Å²) >= 11 is 3.49. The molecule has 2 aromatic carbocycles. The molecular formula is C23H22BrN5O3. The van der Waals surface area contributed by atoms with Crippen molar-refractivity contribution in [3.8, 4) is 11.5 Å². The van der Waals surface area contributed by atoms with Crippen LogP contribution in [-0.4, -0.2) is 22.6 Å². The van der Waals surface area contributed by atoms with Gasteiger partial charge in [0.05, 0.1) is 16.7 Å². The number of nitrogen functional groups attached to an aromatic ring is 1. The van der Waals surface area contributed by atoms with Gasteiger partial charge < -0.3 is 21.1 Å². The zero-order chi connectivity index (χ0) is 23.1. The van der Waals surface area contributed by atoms with Crippen molar-refractivity contribution >= 4 is 39.3 Å². The zero-order valence-electron chi connectivity index (χ0n) is 17.3. The monoisotopic (exact) mass is 495 g/mol. The van der Waals surface area contributed by atoms with E-state index in [-0.39, 0.29) is 18.3 Å². The van der Waals surface area contributed by atoms with Crippen LogP contribution in [0.3, 0.4) is 0 Å². The van der Waals surface area contributed by atoms with Crippen LogP contribution in [0.2, 0.25) is 0 Å². The predicted octanol–water partition coefficient (Wildman–Crippen LogP) is 4.13. The summed E-state index contributed by atoms with van der Waals surface area (Å²) in [5.74, 6) is 0.341. The minimum Gasteiger partial charge on any atom is -0.455 e. The van der Waals surface area contributed by atoms with Crippen LogP contribution in [0.5, 0.6) is 11.5 Å². The van der Waals surface area contributed by atoms with Crippen molar-refractivity contribution in [1.82, 2.24) is 10.3 Å². The summed E-state index contributed by atoms with van der Waals surface area (Å²) < 4.78 is 6.51. The van der Waals surface area contributed by atoms with Crippen LogP contribution in [0.25, 0.3) is 0 Å². The van der Waals surface area contributed by atoms with Crippen LogP contribution in [-0.2, 0) is 9.59 Å². The maximum atomic E-state index is 12.3. The maximum Gasteiger partial charge on any atom is 0.233 e. The second-order valence-corrected chi connectivity index (χ2v) is 7.84. The van der Waals surface area contributed by atoms with E-state index in [4.69, 9.17) is 15.9 Å². The average Bonchev–Trinajstić information content (AvgIpc) is 2.76. The Morgan fingerprint density at radius 1 is 1.16 bits per heavy atom. The number of nitrogens with one attached hydrogen (secondary N) is 3. The van der Waals surface area contributed by atoms with Gasteiger partial charge in [0.1, 0.15) is 23.8 Å². The molecule has 0 fully saturated rings. The number of carbonyl (C=O) groups excluding carboxylic acids is 2. The second kappa shape index (κ2) is 10.5. The first kappa shape index (κ1) is 23.0. The van der Waals surface area contributed by atoms with Crippen molar-refractivity contribution in [3.05, 3.63) is 82.6 Å². The van der Waals surface area contributed by atoms with Crippen molar-refractivity contribution in [2.24, 2.45) is 5.73 Å². The van der Waals surface area contributed by atoms with E-state index in [9.17, 15) is 9.59 Å². The van der Waals surface area contributed by atoms with Gasteiger partial charge in [0, 0.05) is 17.4 Å². The van der Waals surface area contributed by atoms with Crippen molar-refractivity contribution in [1.29, 1.82) is 5.41 Å². The van der Waals surface area contributed by atoms with E-state index in [0.29, 0.717) is 22.7 Å². The Balaban J connectivity index is 1.53. The number of hydrogen-bond donors (Lipinski definition) is 4. The minimum absolute atomic E-state index is 0.0560. The summed E-state index contributed by atoms with van der Waals surface area (Å²) in [7, 11) is 0. The Hall–Kier alpha value is -3.72. The van der Waals surface area contributed by atoms with Gasteiger partial charge in [-0.3, -0.25) is 20.0 Å². The fraction of sp³-hybridized carbons (Fsp3) is 0.130. The lowest BCUT2D eigenvalue weighted by atomic mass is 10.1. The molecule has 1 unspecified atom stereocenters. The number of nitrogens with zero attached hydrogens (tertiary/aromatic N) is 1. The molecule has 0 bridgehead atoms. The number of aromatic nitrogens is 1. The number of benzene rings is 2. The Morgan fingerprint density at radius 3 is 2.53 bits per heavy atom. The molecule has 5 N–H and O–H groups in total. The number of halogens is 1. The molecule has 0 saturated heterocycles. The first-order valence-corrected chi connectivity index (χ1v) is 10.5. The van der Waals surface area contributed by atoms with Gasteiger partial charge in [-0.05, 0) is 76.9 Å². The highest BCUT2D eigenvalue weighted by atomic mass is 79.9. The molecule has 1 atom stereocenters. The number of amides is 2. The number of amidine groups is 1. The number of anilines is 1. The van der Waals surface area contributed by atoms with Gasteiger partial charge in [0.2, 0.25) is 11.8 Å². The SMILES string of the molecule is CC(NC(=O)CC(=O)Nc1ccc(C(=N)N)cc1)c1ccc(Oc2cccnc2)c(Br)c1. The first-order valence-electron chi connectivity index (χ1n) is 9.73. The first-order chi connectivity index (χ1) is 15.3. The van der Waals surface area contributed by atoms with Gasteiger partial charge in [-0.1, -0.05) is 6.07 Å². The normalized spacial score (nSPS) is 11.3. The molecule has 1 heterocycles. The average molecular weight is 496 g/mol. The number of ether oxygens (including phenoxy) is 1. The molecule has 0 spiro atoms. The summed E-state index contributed by atoms with van der Waals surface area (Å²) in [5.41, 5.74) is 7.33. The third-order valence-electron chi connectivity index (χ3n) is 4.50. The van der Waals surface area contributed by atoms with Crippen molar-refractivity contribution in [2.45, 2.75) is 19.4 Å². The van der Waals surface area contributed by atoms with E-state index < -0.39 is 11.8 Å². The second-order valence-electron chi connectivity index (χ2n) is 6.99. The summed E-state index contributed by atoms with van der Waals surface area (Å²) in [6.45, 7) is 1.83. The van der Waals surface area contributed by atoms with Crippen LogP contribution in [0, 0.1) is 5.41 Å². The predicted molar refractivity (Wildman–Crippen MR) is 126 cm³/mol. The molecule has 9 heteroatoms. The molecule has 3 aromatic rings. The quantitative estimate of drug-likeness (QED) is 0.212. The van der Waals surface area contributed by atoms with E-state index in [1.54, 1.807) is 54.9 Å². The minimum atomic E-state index is -0.438. The van der Waals surface area contributed by atoms with Crippen molar-refractivity contribution in [3.63, 3.8) is 0 Å². The fourth-order valence-corrected chi connectivity index (χ4v) is 3.34.